The van der Waals surface area contributed by atoms with Gasteiger partial charge in [0.25, 0.3) is 0 Å². The third kappa shape index (κ3) is 1.90. The lowest BCUT2D eigenvalue weighted by molar-refractivity contribution is 0.640. The molecule has 90 valence electrons. The molecule has 1 atom stereocenters. The zero-order valence-corrected chi connectivity index (χ0v) is 10.5. The highest BCUT2D eigenvalue weighted by Crippen LogP contribution is 2.32. The van der Waals surface area contributed by atoms with E-state index in [4.69, 9.17) is 5.84 Å². The van der Waals surface area contributed by atoms with E-state index < -0.39 is 0 Å². The predicted octanol–water partition coefficient (Wildman–Crippen LogP) is 2.85. The Morgan fingerprint density at radius 1 is 1.17 bits per heavy atom. The molecule has 0 saturated carbocycles. The quantitative estimate of drug-likeness (QED) is 0.559. The van der Waals surface area contributed by atoms with Gasteiger partial charge in [0.2, 0.25) is 0 Å². The van der Waals surface area contributed by atoms with Crippen LogP contribution in [0.25, 0.3) is 10.1 Å². The highest BCUT2D eigenvalue weighted by atomic mass is 32.1. The van der Waals surface area contributed by atoms with Crippen LogP contribution in [-0.4, -0.2) is 4.98 Å². The van der Waals surface area contributed by atoms with E-state index >= 15 is 0 Å². The van der Waals surface area contributed by atoms with Crippen molar-refractivity contribution in [2.75, 3.05) is 0 Å². The molecular weight excluding hydrogens is 242 g/mol. The maximum Gasteiger partial charge on any atom is 0.0739 e. The summed E-state index contributed by atoms with van der Waals surface area (Å²) in [5.41, 5.74) is 5.15. The maximum atomic E-state index is 5.71. The van der Waals surface area contributed by atoms with Crippen molar-refractivity contribution in [2.24, 2.45) is 5.84 Å². The van der Waals surface area contributed by atoms with Crippen LogP contribution in [0, 0.1) is 0 Å². The van der Waals surface area contributed by atoms with Gasteiger partial charge in [-0.3, -0.25) is 10.8 Å². The Morgan fingerprint density at radius 2 is 2.06 bits per heavy atom. The average molecular weight is 255 g/mol. The highest BCUT2D eigenvalue weighted by Gasteiger charge is 2.16. The fraction of sp³-hybridized carbons (Fsp3) is 0.0714. The monoisotopic (exact) mass is 255 g/mol. The molecule has 2 heterocycles. The van der Waals surface area contributed by atoms with Crippen LogP contribution in [0.1, 0.15) is 17.2 Å². The molecular formula is C14H13N3S. The summed E-state index contributed by atoms with van der Waals surface area (Å²) < 4.78 is 1.27. The minimum Gasteiger partial charge on any atom is -0.271 e. The van der Waals surface area contributed by atoms with Crippen molar-refractivity contribution in [3.63, 3.8) is 0 Å². The van der Waals surface area contributed by atoms with Gasteiger partial charge in [-0.2, -0.15) is 0 Å². The molecule has 0 fully saturated rings. The van der Waals surface area contributed by atoms with Gasteiger partial charge < -0.3 is 0 Å². The van der Waals surface area contributed by atoms with Crippen LogP contribution in [0.15, 0.2) is 54.2 Å². The summed E-state index contributed by atoms with van der Waals surface area (Å²) in [4.78, 5) is 4.15. The Morgan fingerprint density at radius 3 is 2.83 bits per heavy atom. The molecule has 0 aliphatic rings. The Kier molecular flexibility index (Phi) is 3.06. The van der Waals surface area contributed by atoms with Crippen molar-refractivity contribution < 1.29 is 0 Å². The first-order chi connectivity index (χ1) is 8.90. The Labute approximate surface area is 109 Å². The molecule has 3 rings (SSSR count). The number of rotatable bonds is 3. The number of benzene rings is 1. The lowest BCUT2D eigenvalue weighted by Crippen LogP contribution is -2.28. The van der Waals surface area contributed by atoms with Crippen molar-refractivity contribution in [2.45, 2.75) is 6.04 Å². The van der Waals surface area contributed by atoms with Gasteiger partial charge in [0.15, 0.2) is 0 Å². The van der Waals surface area contributed by atoms with Crippen molar-refractivity contribution in [3.8, 4) is 0 Å². The van der Waals surface area contributed by atoms with Crippen LogP contribution in [0.5, 0.6) is 0 Å². The third-order valence-corrected chi connectivity index (χ3v) is 3.99. The SMILES string of the molecule is NNC(c1cccnc1)c1csc2ccccc12. The Bertz CT molecular complexity index is 648. The van der Waals surface area contributed by atoms with Gasteiger partial charge in [0.1, 0.15) is 0 Å². The molecule has 2 aromatic heterocycles. The van der Waals surface area contributed by atoms with Crippen molar-refractivity contribution >= 4 is 21.4 Å². The summed E-state index contributed by atoms with van der Waals surface area (Å²) >= 11 is 1.74. The van der Waals surface area contributed by atoms with Crippen LogP contribution in [0.2, 0.25) is 0 Å². The van der Waals surface area contributed by atoms with Crippen molar-refractivity contribution in [1.29, 1.82) is 0 Å². The zero-order valence-electron chi connectivity index (χ0n) is 9.71. The summed E-state index contributed by atoms with van der Waals surface area (Å²) in [6.45, 7) is 0. The number of hydrogen-bond donors (Lipinski definition) is 2. The topological polar surface area (TPSA) is 50.9 Å². The van der Waals surface area contributed by atoms with Crippen molar-refractivity contribution in [1.82, 2.24) is 10.4 Å². The van der Waals surface area contributed by atoms with E-state index in [1.165, 1.54) is 15.6 Å². The molecule has 0 bridgehead atoms. The van der Waals surface area contributed by atoms with Gasteiger partial charge in [-0.25, -0.2) is 5.43 Å². The number of aromatic nitrogens is 1. The number of pyridine rings is 1. The van der Waals surface area contributed by atoms with Gasteiger partial charge >= 0.3 is 0 Å². The predicted molar refractivity (Wildman–Crippen MR) is 75.2 cm³/mol. The molecule has 18 heavy (non-hydrogen) atoms. The van der Waals surface area contributed by atoms with Crippen molar-refractivity contribution in [3.05, 3.63) is 65.3 Å². The molecule has 0 aliphatic carbocycles. The minimum atomic E-state index is -0.0187. The lowest BCUT2D eigenvalue weighted by Gasteiger charge is -2.15. The van der Waals surface area contributed by atoms with Crippen LogP contribution in [0.3, 0.4) is 0 Å². The lowest BCUT2D eigenvalue weighted by atomic mass is 10.0. The van der Waals surface area contributed by atoms with E-state index in [1.807, 2.05) is 18.3 Å². The maximum absolute atomic E-state index is 5.71. The van der Waals surface area contributed by atoms with Crippen LogP contribution in [-0.2, 0) is 0 Å². The Hall–Kier alpha value is -1.75. The van der Waals surface area contributed by atoms with Gasteiger partial charge in [-0.15, -0.1) is 11.3 Å². The van der Waals surface area contributed by atoms with Crippen LogP contribution >= 0.6 is 11.3 Å². The van der Waals surface area contributed by atoms with Gasteiger partial charge in [-0.1, -0.05) is 24.3 Å². The molecule has 3 aromatic rings. The number of thiophene rings is 1. The summed E-state index contributed by atoms with van der Waals surface area (Å²) in [5.74, 6) is 5.71. The average Bonchev–Trinajstić information content (AvgIpc) is 2.85. The molecule has 0 radical (unpaired) electrons. The number of hydrazine groups is 1. The molecule has 3 nitrogen and oxygen atoms in total. The molecule has 3 N–H and O–H groups in total. The summed E-state index contributed by atoms with van der Waals surface area (Å²) in [6, 6.07) is 12.3. The third-order valence-electron chi connectivity index (χ3n) is 3.01. The fourth-order valence-corrected chi connectivity index (χ4v) is 3.12. The molecule has 1 unspecified atom stereocenters. The largest absolute Gasteiger partial charge is 0.271 e. The second-order valence-electron chi connectivity index (χ2n) is 4.07. The van der Waals surface area contributed by atoms with E-state index in [2.05, 4.69) is 40.1 Å². The van der Waals surface area contributed by atoms with E-state index in [9.17, 15) is 0 Å². The smallest absolute Gasteiger partial charge is 0.0739 e. The first kappa shape index (κ1) is 11.3. The standard InChI is InChI=1S/C14H13N3S/c15-17-14(10-4-3-7-16-8-10)12-9-18-13-6-2-1-5-11(12)13/h1-9,14,17H,15H2. The molecule has 0 aliphatic heterocycles. The van der Waals surface area contributed by atoms with Crippen LogP contribution in [0.4, 0.5) is 0 Å². The normalized spacial score (nSPS) is 12.7. The molecule has 1 aromatic carbocycles. The van der Waals surface area contributed by atoms with E-state index in [0.717, 1.165) is 5.56 Å². The van der Waals surface area contributed by atoms with Gasteiger partial charge in [-0.05, 0) is 34.0 Å². The number of nitrogens with one attached hydrogen (secondary N) is 1. The van der Waals surface area contributed by atoms with Gasteiger partial charge in [0, 0.05) is 17.1 Å². The van der Waals surface area contributed by atoms with Gasteiger partial charge in [0.05, 0.1) is 6.04 Å². The number of fused-ring (bicyclic) bond motifs is 1. The first-order valence-electron chi connectivity index (χ1n) is 5.72. The summed E-state index contributed by atoms with van der Waals surface area (Å²) in [6.07, 6.45) is 3.61. The molecule has 0 spiro atoms. The highest BCUT2D eigenvalue weighted by molar-refractivity contribution is 7.17. The molecule has 4 heteroatoms. The second-order valence-corrected chi connectivity index (χ2v) is 4.98. The van der Waals surface area contributed by atoms with Crippen LogP contribution < -0.4 is 11.3 Å². The minimum absolute atomic E-state index is 0.0187. The van der Waals surface area contributed by atoms with E-state index in [0.29, 0.717) is 0 Å². The molecule has 0 amide bonds. The Balaban J connectivity index is 2.12. The number of nitrogens with zero attached hydrogens (tertiary/aromatic N) is 1. The first-order valence-corrected chi connectivity index (χ1v) is 6.60. The van der Waals surface area contributed by atoms with E-state index in [1.54, 1.807) is 17.5 Å². The fourth-order valence-electron chi connectivity index (χ4n) is 2.13. The summed E-state index contributed by atoms with van der Waals surface area (Å²) in [5, 5.41) is 3.40. The number of nitrogens with two attached hydrogens (primary N) is 1. The zero-order chi connectivity index (χ0) is 12.4. The molecule has 0 saturated heterocycles. The van der Waals surface area contributed by atoms with E-state index in [-0.39, 0.29) is 6.04 Å². The second kappa shape index (κ2) is 4.86. The summed E-state index contributed by atoms with van der Waals surface area (Å²) in [7, 11) is 0. The number of hydrogen-bond acceptors (Lipinski definition) is 4.